The van der Waals surface area contributed by atoms with Gasteiger partial charge in [0, 0.05) is 51.5 Å². The molecular formula is C18H29N5O2. The molecule has 2 fully saturated rings. The predicted octanol–water partition coefficient (Wildman–Crippen LogP) is 1.11. The van der Waals surface area contributed by atoms with E-state index >= 15 is 0 Å². The standard InChI is InChI=1S/C18H29N5O2/c1-14-10-15(2)12-23(11-14)17(24)13-21-6-8-22(9-7-21)18-19-5-4-16(20-18)25-3/h4-5,14-15H,6-13H2,1-3H3/t14-,15-/m1/s1. The third kappa shape index (κ3) is 4.60. The molecule has 2 aliphatic heterocycles. The van der Waals surface area contributed by atoms with Crippen molar-refractivity contribution in [1.29, 1.82) is 0 Å². The Labute approximate surface area is 150 Å². The number of anilines is 1. The molecule has 2 aliphatic rings. The van der Waals surface area contributed by atoms with Crippen molar-refractivity contribution in [3.05, 3.63) is 12.3 Å². The number of amides is 1. The second-order valence-electron chi connectivity index (χ2n) is 7.41. The predicted molar refractivity (Wildman–Crippen MR) is 96.8 cm³/mol. The highest BCUT2D eigenvalue weighted by molar-refractivity contribution is 5.78. The molecule has 2 saturated heterocycles. The number of likely N-dealkylation sites (tertiary alicyclic amines) is 1. The number of piperidine rings is 1. The van der Waals surface area contributed by atoms with Gasteiger partial charge in [-0.3, -0.25) is 9.69 Å². The van der Waals surface area contributed by atoms with E-state index < -0.39 is 0 Å². The molecular weight excluding hydrogens is 318 g/mol. The van der Waals surface area contributed by atoms with Crippen LogP contribution in [0.3, 0.4) is 0 Å². The van der Waals surface area contributed by atoms with Crippen LogP contribution in [0, 0.1) is 11.8 Å². The largest absolute Gasteiger partial charge is 0.481 e. The number of ether oxygens (including phenoxy) is 1. The maximum Gasteiger partial charge on any atom is 0.236 e. The Hall–Kier alpha value is -1.89. The lowest BCUT2D eigenvalue weighted by molar-refractivity contribution is -0.135. The fraction of sp³-hybridized carbons (Fsp3) is 0.722. The summed E-state index contributed by atoms with van der Waals surface area (Å²) in [5.41, 5.74) is 0. The van der Waals surface area contributed by atoms with Crippen LogP contribution in [0.5, 0.6) is 5.88 Å². The molecule has 3 rings (SSSR count). The molecule has 1 aromatic rings. The van der Waals surface area contributed by atoms with E-state index in [0.717, 1.165) is 39.3 Å². The molecule has 1 amide bonds. The maximum absolute atomic E-state index is 12.6. The highest BCUT2D eigenvalue weighted by Crippen LogP contribution is 2.21. The zero-order chi connectivity index (χ0) is 17.8. The molecule has 7 nitrogen and oxygen atoms in total. The first-order chi connectivity index (χ1) is 12.0. The topological polar surface area (TPSA) is 61.8 Å². The van der Waals surface area contributed by atoms with Gasteiger partial charge in [-0.25, -0.2) is 4.98 Å². The van der Waals surface area contributed by atoms with Crippen molar-refractivity contribution in [3.8, 4) is 5.88 Å². The van der Waals surface area contributed by atoms with E-state index in [1.54, 1.807) is 19.4 Å². The summed E-state index contributed by atoms with van der Waals surface area (Å²) in [5.74, 6) is 2.76. The van der Waals surface area contributed by atoms with Crippen LogP contribution in [0.1, 0.15) is 20.3 Å². The zero-order valence-electron chi connectivity index (χ0n) is 15.5. The van der Waals surface area contributed by atoms with Crippen molar-refractivity contribution < 1.29 is 9.53 Å². The van der Waals surface area contributed by atoms with Gasteiger partial charge in [-0.05, 0) is 18.3 Å². The van der Waals surface area contributed by atoms with E-state index in [1.165, 1.54) is 6.42 Å². The van der Waals surface area contributed by atoms with E-state index in [2.05, 4.69) is 38.5 Å². The van der Waals surface area contributed by atoms with Gasteiger partial charge in [0.15, 0.2) is 0 Å². The lowest BCUT2D eigenvalue weighted by Crippen LogP contribution is -2.52. The number of piperazine rings is 1. The van der Waals surface area contributed by atoms with Gasteiger partial charge >= 0.3 is 0 Å². The minimum atomic E-state index is 0.268. The normalized spacial score (nSPS) is 25.1. The summed E-state index contributed by atoms with van der Waals surface area (Å²) >= 11 is 0. The van der Waals surface area contributed by atoms with Gasteiger partial charge in [-0.15, -0.1) is 0 Å². The minimum Gasteiger partial charge on any atom is -0.481 e. The molecule has 0 aliphatic carbocycles. The van der Waals surface area contributed by atoms with Gasteiger partial charge in [0.05, 0.1) is 13.7 Å². The molecule has 7 heteroatoms. The summed E-state index contributed by atoms with van der Waals surface area (Å²) in [7, 11) is 1.61. The Bertz CT molecular complexity index is 579. The highest BCUT2D eigenvalue weighted by Gasteiger charge is 2.27. The smallest absolute Gasteiger partial charge is 0.236 e. The van der Waals surface area contributed by atoms with E-state index in [4.69, 9.17) is 4.74 Å². The average molecular weight is 347 g/mol. The molecule has 0 bridgehead atoms. The van der Waals surface area contributed by atoms with E-state index in [1.807, 2.05) is 0 Å². The van der Waals surface area contributed by atoms with Crippen molar-refractivity contribution in [2.24, 2.45) is 11.8 Å². The lowest BCUT2D eigenvalue weighted by Gasteiger charge is -2.38. The number of methoxy groups -OCH3 is 1. The van der Waals surface area contributed by atoms with Crippen molar-refractivity contribution in [2.45, 2.75) is 20.3 Å². The second kappa shape index (κ2) is 7.99. The van der Waals surface area contributed by atoms with Crippen molar-refractivity contribution in [3.63, 3.8) is 0 Å². The van der Waals surface area contributed by atoms with Crippen molar-refractivity contribution in [2.75, 3.05) is 57.8 Å². The Morgan fingerprint density at radius 3 is 2.52 bits per heavy atom. The number of hydrogen-bond donors (Lipinski definition) is 0. The van der Waals surface area contributed by atoms with E-state index in [9.17, 15) is 4.79 Å². The number of carbonyl (C=O) groups is 1. The molecule has 3 heterocycles. The van der Waals surface area contributed by atoms with Gasteiger partial charge in [0.2, 0.25) is 17.7 Å². The minimum absolute atomic E-state index is 0.268. The number of nitrogens with zero attached hydrogens (tertiary/aromatic N) is 5. The molecule has 0 saturated carbocycles. The lowest BCUT2D eigenvalue weighted by atomic mass is 9.92. The monoisotopic (exact) mass is 347 g/mol. The molecule has 138 valence electrons. The van der Waals surface area contributed by atoms with Crippen LogP contribution in [-0.4, -0.2) is 78.6 Å². The van der Waals surface area contributed by atoms with Crippen LogP contribution in [0.2, 0.25) is 0 Å². The molecule has 0 aromatic carbocycles. The van der Waals surface area contributed by atoms with E-state index in [-0.39, 0.29) is 5.91 Å². The van der Waals surface area contributed by atoms with Crippen LogP contribution in [0.25, 0.3) is 0 Å². The Morgan fingerprint density at radius 1 is 1.20 bits per heavy atom. The third-order valence-corrected chi connectivity index (χ3v) is 5.06. The molecule has 2 atom stereocenters. The Kier molecular flexibility index (Phi) is 5.73. The van der Waals surface area contributed by atoms with Crippen LogP contribution in [0.4, 0.5) is 5.95 Å². The van der Waals surface area contributed by atoms with Gasteiger partial charge in [-0.2, -0.15) is 4.98 Å². The third-order valence-electron chi connectivity index (χ3n) is 5.06. The first-order valence-electron chi connectivity index (χ1n) is 9.17. The van der Waals surface area contributed by atoms with Crippen LogP contribution in [0.15, 0.2) is 12.3 Å². The van der Waals surface area contributed by atoms with Crippen LogP contribution in [-0.2, 0) is 4.79 Å². The van der Waals surface area contributed by atoms with Crippen molar-refractivity contribution >= 4 is 11.9 Å². The average Bonchev–Trinajstić information content (AvgIpc) is 2.61. The van der Waals surface area contributed by atoms with Gasteiger partial charge in [-0.1, -0.05) is 13.8 Å². The molecule has 0 N–H and O–H groups in total. The fourth-order valence-electron chi connectivity index (χ4n) is 3.86. The van der Waals surface area contributed by atoms with E-state index in [0.29, 0.717) is 30.2 Å². The molecule has 25 heavy (non-hydrogen) atoms. The van der Waals surface area contributed by atoms with Crippen LogP contribution >= 0.6 is 0 Å². The Morgan fingerprint density at radius 2 is 1.88 bits per heavy atom. The van der Waals surface area contributed by atoms with Gasteiger partial charge in [0.1, 0.15) is 0 Å². The first-order valence-corrected chi connectivity index (χ1v) is 9.17. The number of rotatable bonds is 4. The maximum atomic E-state index is 12.6. The van der Waals surface area contributed by atoms with Crippen molar-refractivity contribution in [1.82, 2.24) is 19.8 Å². The van der Waals surface area contributed by atoms with Gasteiger partial charge in [0.25, 0.3) is 0 Å². The summed E-state index contributed by atoms with van der Waals surface area (Å²) in [4.78, 5) is 27.8. The quantitative estimate of drug-likeness (QED) is 0.813. The summed E-state index contributed by atoms with van der Waals surface area (Å²) < 4.78 is 5.17. The summed E-state index contributed by atoms with van der Waals surface area (Å²) in [5, 5.41) is 0. The second-order valence-corrected chi connectivity index (χ2v) is 7.41. The summed E-state index contributed by atoms with van der Waals surface area (Å²) in [6, 6.07) is 1.75. The number of hydrogen-bond acceptors (Lipinski definition) is 6. The zero-order valence-corrected chi connectivity index (χ0v) is 15.5. The number of carbonyl (C=O) groups excluding carboxylic acids is 1. The fourth-order valence-corrected chi connectivity index (χ4v) is 3.86. The summed E-state index contributed by atoms with van der Waals surface area (Å²) in [6.45, 7) is 10.2. The first kappa shape index (κ1) is 17.9. The molecule has 0 spiro atoms. The Balaban J connectivity index is 1.49. The SMILES string of the molecule is COc1ccnc(N2CCN(CC(=O)N3C[C@H](C)C[C@@H](C)C3)CC2)n1. The highest BCUT2D eigenvalue weighted by atomic mass is 16.5. The van der Waals surface area contributed by atoms with Gasteiger partial charge < -0.3 is 14.5 Å². The molecule has 0 radical (unpaired) electrons. The number of aromatic nitrogens is 2. The molecule has 0 unspecified atom stereocenters. The van der Waals surface area contributed by atoms with Crippen LogP contribution < -0.4 is 9.64 Å². The molecule has 1 aromatic heterocycles. The summed E-state index contributed by atoms with van der Waals surface area (Å²) in [6.07, 6.45) is 2.94.